The smallest absolute Gasteiger partial charge is 0.187 e. The van der Waals surface area contributed by atoms with Gasteiger partial charge in [0.1, 0.15) is 17.3 Å². The molecule has 0 unspecified atom stereocenters. The van der Waals surface area contributed by atoms with Crippen LogP contribution in [0.5, 0.6) is 0 Å². The molecule has 0 aliphatic rings. The summed E-state index contributed by atoms with van der Waals surface area (Å²) in [5, 5.41) is 11.1. The van der Waals surface area contributed by atoms with Gasteiger partial charge in [-0.2, -0.15) is 4.68 Å². The molecule has 0 bridgehead atoms. The summed E-state index contributed by atoms with van der Waals surface area (Å²) < 4.78 is 29.0. The van der Waals surface area contributed by atoms with Crippen molar-refractivity contribution in [2.75, 3.05) is 5.73 Å². The number of anilines is 1. The minimum atomic E-state index is -0.630. The fourth-order valence-corrected chi connectivity index (χ4v) is 2.11. The molecular weight excluding hydrogens is 344 g/mol. The fraction of sp³-hybridized carbons (Fsp3) is 0. The van der Waals surface area contributed by atoms with Gasteiger partial charge in [0, 0.05) is 21.8 Å². The zero-order valence-electron chi connectivity index (χ0n) is 10.5. The molecule has 3 rings (SSSR count). The molecule has 0 amide bonds. The lowest BCUT2D eigenvalue weighted by Gasteiger charge is -2.07. The number of tetrazole rings is 1. The Hall–Kier alpha value is -2.35. The van der Waals surface area contributed by atoms with E-state index in [-0.39, 0.29) is 11.5 Å². The van der Waals surface area contributed by atoms with Gasteiger partial charge < -0.3 is 5.73 Å². The Morgan fingerprint density at radius 1 is 1.10 bits per heavy atom. The predicted octanol–water partition coefficient (Wildman–Crippen LogP) is 2.95. The molecule has 8 heteroatoms. The maximum Gasteiger partial charge on any atom is 0.187 e. The average Bonchev–Trinajstić information content (AvgIpc) is 2.93. The van der Waals surface area contributed by atoms with Gasteiger partial charge in [0.2, 0.25) is 0 Å². The normalized spacial score (nSPS) is 10.8. The van der Waals surface area contributed by atoms with Gasteiger partial charge in [0.05, 0.1) is 0 Å². The van der Waals surface area contributed by atoms with Crippen LogP contribution in [0.2, 0.25) is 0 Å². The molecule has 1 aromatic heterocycles. The van der Waals surface area contributed by atoms with Crippen molar-refractivity contribution in [2.45, 2.75) is 0 Å². The van der Waals surface area contributed by atoms with Crippen molar-refractivity contribution >= 4 is 21.6 Å². The fourth-order valence-electron chi connectivity index (χ4n) is 1.86. The van der Waals surface area contributed by atoms with E-state index in [0.717, 1.165) is 27.4 Å². The van der Waals surface area contributed by atoms with Crippen LogP contribution in [0.25, 0.3) is 17.1 Å². The Kier molecular flexibility index (Phi) is 3.38. The summed E-state index contributed by atoms with van der Waals surface area (Å²) in [5.41, 5.74) is 6.81. The standard InChI is InChI=1S/C13H8BrF2N5/c14-9-3-1-7(5-11(9)17)13-18-19-20-21(13)12-6-8(15)2-4-10(12)16/h1-6H,17H2. The number of nitrogen functional groups attached to an aromatic ring is 1. The highest BCUT2D eigenvalue weighted by Gasteiger charge is 2.15. The van der Waals surface area contributed by atoms with E-state index in [4.69, 9.17) is 5.73 Å². The second kappa shape index (κ2) is 5.21. The molecule has 2 aromatic carbocycles. The molecule has 21 heavy (non-hydrogen) atoms. The summed E-state index contributed by atoms with van der Waals surface area (Å²) in [7, 11) is 0. The third-order valence-electron chi connectivity index (χ3n) is 2.86. The molecule has 1 heterocycles. The van der Waals surface area contributed by atoms with Gasteiger partial charge in [-0.05, 0) is 56.7 Å². The molecule has 106 valence electrons. The minimum absolute atomic E-state index is 0.0727. The number of rotatable bonds is 2. The van der Waals surface area contributed by atoms with E-state index < -0.39 is 11.6 Å². The summed E-state index contributed by atoms with van der Waals surface area (Å²) in [5.74, 6) is -0.947. The van der Waals surface area contributed by atoms with Crippen LogP contribution in [0.3, 0.4) is 0 Å². The van der Waals surface area contributed by atoms with E-state index in [2.05, 4.69) is 31.5 Å². The van der Waals surface area contributed by atoms with Crippen LogP contribution in [0.15, 0.2) is 40.9 Å². The van der Waals surface area contributed by atoms with E-state index in [1.165, 1.54) is 0 Å². The number of nitrogens with zero attached hydrogens (tertiary/aromatic N) is 4. The second-order valence-electron chi connectivity index (χ2n) is 4.25. The summed E-state index contributed by atoms with van der Waals surface area (Å²) in [4.78, 5) is 0. The first kappa shape index (κ1) is 13.6. The molecule has 0 saturated heterocycles. The Bertz CT molecular complexity index is 818. The maximum atomic E-state index is 13.9. The van der Waals surface area contributed by atoms with Gasteiger partial charge in [-0.1, -0.05) is 0 Å². The highest BCUT2D eigenvalue weighted by atomic mass is 79.9. The van der Waals surface area contributed by atoms with E-state index in [1.54, 1.807) is 18.2 Å². The summed E-state index contributed by atoms with van der Waals surface area (Å²) in [6.07, 6.45) is 0. The molecule has 0 saturated carbocycles. The lowest BCUT2D eigenvalue weighted by molar-refractivity contribution is 0.584. The number of hydrogen-bond donors (Lipinski definition) is 1. The number of hydrogen-bond acceptors (Lipinski definition) is 4. The lowest BCUT2D eigenvalue weighted by atomic mass is 10.2. The van der Waals surface area contributed by atoms with Crippen molar-refractivity contribution in [1.82, 2.24) is 20.2 Å². The molecule has 0 spiro atoms. The van der Waals surface area contributed by atoms with E-state index >= 15 is 0 Å². The quantitative estimate of drug-likeness (QED) is 0.720. The number of aromatic nitrogens is 4. The second-order valence-corrected chi connectivity index (χ2v) is 5.10. The average molecular weight is 352 g/mol. The van der Waals surface area contributed by atoms with Crippen LogP contribution >= 0.6 is 15.9 Å². The van der Waals surface area contributed by atoms with E-state index in [9.17, 15) is 8.78 Å². The molecule has 0 aliphatic heterocycles. The molecular formula is C13H8BrF2N5. The van der Waals surface area contributed by atoms with Crippen LogP contribution in [0.1, 0.15) is 0 Å². The van der Waals surface area contributed by atoms with Crippen LogP contribution in [-0.4, -0.2) is 20.2 Å². The monoisotopic (exact) mass is 351 g/mol. The number of halogens is 3. The topological polar surface area (TPSA) is 69.6 Å². The maximum absolute atomic E-state index is 13.9. The molecule has 0 aliphatic carbocycles. The molecule has 0 fully saturated rings. The first-order chi connectivity index (χ1) is 10.1. The van der Waals surface area contributed by atoms with Crippen molar-refractivity contribution in [1.29, 1.82) is 0 Å². The van der Waals surface area contributed by atoms with Crippen LogP contribution in [0.4, 0.5) is 14.5 Å². The predicted molar refractivity (Wildman–Crippen MR) is 76.6 cm³/mol. The van der Waals surface area contributed by atoms with Gasteiger partial charge in [-0.15, -0.1) is 5.10 Å². The van der Waals surface area contributed by atoms with Gasteiger partial charge in [0.25, 0.3) is 0 Å². The first-order valence-corrected chi connectivity index (χ1v) is 6.65. The van der Waals surface area contributed by atoms with Gasteiger partial charge in [0.15, 0.2) is 5.82 Å². The molecule has 0 radical (unpaired) electrons. The minimum Gasteiger partial charge on any atom is -0.398 e. The molecule has 0 atom stereocenters. The highest BCUT2D eigenvalue weighted by molar-refractivity contribution is 9.10. The Morgan fingerprint density at radius 3 is 2.67 bits per heavy atom. The van der Waals surface area contributed by atoms with Crippen LogP contribution in [0, 0.1) is 11.6 Å². The third kappa shape index (κ3) is 2.49. The molecule has 5 nitrogen and oxygen atoms in total. The van der Waals surface area contributed by atoms with E-state index in [0.29, 0.717) is 11.3 Å². The van der Waals surface area contributed by atoms with Crippen LogP contribution in [-0.2, 0) is 0 Å². The summed E-state index contributed by atoms with van der Waals surface area (Å²) >= 11 is 3.28. The van der Waals surface area contributed by atoms with Crippen molar-refractivity contribution in [3.63, 3.8) is 0 Å². The van der Waals surface area contributed by atoms with Crippen molar-refractivity contribution in [3.05, 3.63) is 52.5 Å². The zero-order valence-corrected chi connectivity index (χ0v) is 12.1. The number of benzene rings is 2. The summed E-state index contributed by atoms with van der Waals surface area (Å²) in [6, 6.07) is 8.17. The Labute approximate surface area is 126 Å². The third-order valence-corrected chi connectivity index (χ3v) is 3.58. The van der Waals surface area contributed by atoms with E-state index in [1.807, 2.05) is 0 Å². The lowest BCUT2D eigenvalue weighted by Crippen LogP contribution is -2.03. The summed E-state index contributed by atoms with van der Waals surface area (Å²) in [6.45, 7) is 0. The zero-order chi connectivity index (χ0) is 15.0. The largest absolute Gasteiger partial charge is 0.398 e. The number of nitrogens with two attached hydrogens (primary N) is 1. The van der Waals surface area contributed by atoms with Gasteiger partial charge >= 0.3 is 0 Å². The van der Waals surface area contributed by atoms with Crippen molar-refractivity contribution < 1.29 is 8.78 Å². The molecule has 2 N–H and O–H groups in total. The Balaban J connectivity index is 2.17. The first-order valence-electron chi connectivity index (χ1n) is 5.85. The highest BCUT2D eigenvalue weighted by Crippen LogP contribution is 2.27. The van der Waals surface area contributed by atoms with Gasteiger partial charge in [-0.25, -0.2) is 8.78 Å². The van der Waals surface area contributed by atoms with Crippen LogP contribution < -0.4 is 5.73 Å². The van der Waals surface area contributed by atoms with Crippen molar-refractivity contribution in [3.8, 4) is 17.1 Å². The van der Waals surface area contributed by atoms with Gasteiger partial charge in [-0.3, -0.25) is 0 Å². The Morgan fingerprint density at radius 2 is 1.90 bits per heavy atom. The molecule has 3 aromatic rings. The van der Waals surface area contributed by atoms with Crippen molar-refractivity contribution in [2.24, 2.45) is 0 Å². The SMILES string of the molecule is Nc1cc(-c2nnnn2-c2cc(F)ccc2F)ccc1Br.